The van der Waals surface area contributed by atoms with Crippen LogP contribution in [0.3, 0.4) is 0 Å². The molecule has 9 heteroatoms. The molecule has 1 aliphatic heterocycles. The number of hydrogen-bond donors (Lipinski definition) is 2. The van der Waals surface area contributed by atoms with Gasteiger partial charge < -0.3 is 19.0 Å². The lowest BCUT2D eigenvalue weighted by Crippen LogP contribution is -2.49. The molecule has 4 aromatic rings. The Labute approximate surface area is 171 Å². The van der Waals surface area contributed by atoms with E-state index >= 15 is 0 Å². The second kappa shape index (κ2) is 8.20. The molecule has 0 radical (unpaired) electrons. The lowest BCUT2D eigenvalue weighted by molar-refractivity contribution is 0.481. The zero-order valence-corrected chi connectivity index (χ0v) is 16.5. The SMILES string of the molecule is C[C@@H]1CN(c2ccc3cc(-c4cn5ccccc5n4)c(=O)oc3n2)CCN1.OCl. The van der Waals surface area contributed by atoms with Crippen LogP contribution in [0.1, 0.15) is 6.92 Å². The summed E-state index contributed by atoms with van der Waals surface area (Å²) in [5.41, 5.74) is 1.75. The van der Waals surface area contributed by atoms with Crippen molar-refractivity contribution in [3.8, 4) is 11.3 Å². The molecule has 0 bridgehead atoms. The Morgan fingerprint density at radius 1 is 1.24 bits per heavy atom. The van der Waals surface area contributed by atoms with Crippen molar-refractivity contribution >= 4 is 34.4 Å². The van der Waals surface area contributed by atoms with Gasteiger partial charge in [-0.2, -0.15) is 4.98 Å². The number of nitrogens with zero attached hydrogens (tertiary/aromatic N) is 4. The maximum absolute atomic E-state index is 12.6. The number of halogens is 1. The van der Waals surface area contributed by atoms with Crippen LogP contribution in [0, 0.1) is 0 Å². The first kappa shape index (κ1) is 19.4. The molecule has 1 saturated heterocycles. The first-order valence-corrected chi connectivity index (χ1v) is 9.55. The van der Waals surface area contributed by atoms with E-state index in [4.69, 9.17) is 9.08 Å². The van der Waals surface area contributed by atoms with Crippen LogP contribution in [0.5, 0.6) is 0 Å². The molecule has 4 aromatic heterocycles. The van der Waals surface area contributed by atoms with Crippen molar-refractivity contribution in [1.82, 2.24) is 19.7 Å². The quantitative estimate of drug-likeness (QED) is 0.521. The summed E-state index contributed by atoms with van der Waals surface area (Å²) in [6.45, 7) is 4.82. The highest BCUT2D eigenvalue weighted by Gasteiger charge is 2.18. The molecule has 150 valence electrons. The van der Waals surface area contributed by atoms with Crippen LogP contribution in [0.25, 0.3) is 28.0 Å². The van der Waals surface area contributed by atoms with Gasteiger partial charge in [-0.1, -0.05) is 6.07 Å². The van der Waals surface area contributed by atoms with Crippen LogP contribution >= 0.6 is 11.9 Å². The summed E-state index contributed by atoms with van der Waals surface area (Å²) in [5.74, 6) is 0.833. The third-order valence-electron chi connectivity index (χ3n) is 4.92. The molecular weight excluding hydrogens is 394 g/mol. The van der Waals surface area contributed by atoms with Crippen molar-refractivity contribution in [1.29, 1.82) is 0 Å². The molecule has 0 aliphatic carbocycles. The summed E-state index contributed by atoms with van der Waals surface area (Å²) >= 11 is 3.64. The van der Waals surface area contributed by atoms with E-state index in [-0.39, 0.29) is 0 Å². The van der Waals surface area contributed by atoms with E-state index in [1.807, 2.05) is 47.1 Å². The third-order valence-corrected chi connectivity index (χ3v) is 4.92. The number of imidazole rings is 1. The summed E-state index contributed by atoms with van der Waals surface area (Å²) in [4.78, 5) is 23.9. The third kappa shape index (κ3) is 3.82. The maximum Gasteiger partial charge on any atom is 0.347 e. The van der Waals surface area contributed by atoms with Crippen molar-refractivity contribution in [2.75, 3.05) is 24.5 Å². The number of anilines is 1. The molecule has 5 rings (SSSR count). The zero-order chi connectivity index (χ0) is 20.4. The van der Waals surface area contributed by atoms with Crippen LogP contribution in [-0.2, 0) is 0 Å². The summed E-state index contributed by atoms with van der Waals surface area (Å²) < 4.78 is 13.9. The molecule has 0 aromatic carbocycles. The summed E-state index contributed by atoms with van der Waals surface area (Å²) in [5, 5.41) is 4.20. The minimum absolute atomic E-state index is 0.358. The van der Waals surface area contributed by atoms with Crippen LogP contribution in [0.15, 0.2) is 58.0 Å². The zero-order valence-electron chi connectivity index (χ0n) is 15.7. The molecule has 0 spiro atoms. The first-order valence-electron chi connectivity index (χ1n) is 9.22. The molecule has 1 atom stereocenters. The predicted molar refractivity (Wildman–Crippen MR) is 112 cm³/mol. The standard InChI is InChI=1S/C20H19N5O2.ClHO/c1-13-11-25(9-7-21-13)18-6-5-14-10-15(20(26)27-19(14)23-18)16-12-24-8-3-2-4-17(24)22-16;1-2/h2-6,8,10,12-13,21H,7,9,11H2,1H3;2H/t13-;/m1./s1. The van der Waals surface area contributed by atoms with Crippen LogP contribution in [0.4, 0.5) is 5.82 Å². The second-order valence-corrected chi connectivity index (χ2v) is 6.90. The Bertz CT molecular complexity index is 1170. The van der Waals surface area contributed by atoms with Gasteiger partial charge in [-0.25, -0.2) is 9.78 Å². The molecule has 0 saturated carbocycles. The highest BCUT2D eigenvalue weighted by Crippen LogP contribution is 2.23. The highest BCUT2D eigenvalue weighted by atomic mass is 35.5. The van der Waals surface area contributed by atoms with E-state index in [2.05, 4.69) is 39.0 Å². The topological polar surface area (TPSA) is 95.9 Å². The largest absolute Gasteiger partial charge is 0.403 e. The smallest absolute Gasteiger partial charge is 0.347 e. The number of piperazine rings is 1. The molecule has 29 heavy (non-hydrogen) atoms. The number of rotatable bonds is 2. The Hall–Kier alpha value is -2.94. The Balaban J connectivity index is 0.000000994. The van der Waals surface area contributed by atoms with Gasteiger partial charge in [0.1, 0.15) is 11.5 Å². The average molecular weight is 414 g/mol. The van der Waals surface area contributed by atoms with E-state index in [0.29, 0.717) is 23.0 Å². The van der Waals surface area contributed by atoms with E-state index in [1.165, 1.54) is 0 Å². The van der Waals surface area contributed by atoms with Gasteiger partial charge in [0.2, 0.25) is 5.71 Å². The summed E-state index contributed by atoms with van der Waals surface area (Å²) in [6, 6.07) is 11.9. The number of hydrogen-bond acceptors (Lipinski definition) is 7. The molecular formula is C20H20ClN5O3. The summed E-state index contributed by atoms with van der Waals surface area (Å²) in [6.07, 6.45) is 3.73. The average Bonchev–Trinajstić information content (AvgIpc) is 3.18. The lowest BCUT2D eigenvalue weighted by Gasteiger charge is -2.32. The molecule has 8 nitrogen and oxygen atoms in total. The second-order valence-electron chi connectivity index (χ2n) is 6.90. The molecule has 2 N–H and O–H groups in total. The Morgan fingerprint density at radius 2 is 2.10 bits per heavy atom. The fraction of sp³-hybridized carbons (Fsp3) is 0.250. The minimum Gasteiger partial charge on any atom is -0.403 e. The van der Waals surface area contributed by atoms with Crippen molar-refractivity contribution in [3.05, 3.63) is 59.2 Å². The number of aromatic nitrogens is 3. The Kier molecular flexibility index (Phi) is 5.48. The van der Waals surface area contributed by atoms with Gasteiger partial charge in [0.15, 0.2) is 0 Å². The van der Waals surface area contributed by atoms with Gasteiger partial charge in [0.25, 0.3) is 0 Å². The van der Waals surface area contributed by atoms with Gasteiger partial charge in [-0.3, -0.25) is 4.66 Å². The van der Waals surface area contributed by atoms with E-state index in [9.17, 15) is 4.79 Å². The normalized spacial score (nSPS) is 16.7. The van der Waals surface area contributed by atoms with Gasteiger partial charge in [0.05, 0.1) is 23.1 Å². The fourth-order valence-corrected chi connectivity index (χ4v) is 3.55. The number of fused-ring (bicyclic) bond motifs is 2. The molecule has 1 aliphatic rings. The monoisotopic (exact) mass is 413 g/mol. The van der Waals surface area contributed by atoms with Gasteiger partial charge in [-0.15, -0.1) is 0 Å². The minimum atomic E-state index is -0.427. The number of nitrogens with one attached hydrogen (secondary N) is 1. The fourth-order valence-electron chi connectivity index (χ4n) is 3.55. The van der Waals surface area contributed by atoms with Crippen molar-refractivity contribution < 1.29 is 9.08 Å². The van der Waals surface area contributed by atoms with E-state index in [0.717, 1.165) is 36.5 Å². The van der Waals surface area contributed by atoms with Gasteiger partial charge in [-0.05, 0) is 37.3 Å². The van der Waals surface area contributed by atoms with Gasteiger partial charge >= 0.3 is 5.63 Å². The number of pyridine rings is 2. The first-order chi connectivity index (χ1) is 14.2. The predicted octanol–water partition coefficient (Wildman–Crippen LogP) is 2.43. The van der Waals surface area contributed by atoms with Crippen LogP contribution < -0.4 is 15.8 Å². The molecule has 1 fully saturated rings. The lowest BCUT2D eigenvalue weighted by atomic mass is 10.2. The van der Waals surface area contributed by atoms with E-state index < -0.39 is 5.63 Å². The van der Waals surface area contributed by atoms with Crippen molar-refractivity contribution in [3.63, 3.8) is 0 Å². The molecule has 0 unspecified atom stereocenters. The van der Waals surface area contributed by atoms with Crippen LogP contribution in [-0.4, -0.2) is 44.7 Å². The van der Waals surface area contributed by atoms with Crippen LogP contribution in [0.2, 0.25) is 0 Å². The van der Waals surface area contributed by atoms with Gasteiger partial charge in [0, 0.05) is 43.5 Å². The van der Waals surface area contributed by atoms with E-state index in [1.54, 1.807) is 6.07 Å². The highest BCUT2D eigenvalue weighted by molar-refractivity contribution is 6.04. The summed E-state index contributed by atoms with van der Waals surface area (Å²) in [7, 11) is 0. The maximum atomic E-state index is 12.6. The Morgan fingerprint density at radius 3 is 2.90 bits per heavy atom. The van der Waals surface area contributed by atoms with Crippen molar-refractivity contribution in [2.24, 2.45) is 0 Å². The molecule has 0 amide bonds. The van der Waals surface area contributed by atoms with Crippen molar-refractivity contribution in [2.45, 2.75) is 13.0 Å². The molecule has 5 heterocycles.